The summed E-state index contributed by atoms with van der Waals surface area (Å²) in [5.41, 5.74) is 6.63. The molecule has 1 heterocycles. The van der Waals surface area contributed by atoms with Crippen LogP contribution < -0.4 is 4.90 Å². The van der Waals surface area contributed by atoms with Crippen molar-refractivity contribution in [1.82, 2.24) is 0 Å². The van der Waals surface area contributed by atoms with E-state index in [0.29, 0.717) is 24.6 Å². The first-order valence-electron chi connectivity index (χ1n) is 13.6. The first-order valence-corrected chi connectivity index (χ1v) is 13.6. The van der Waals surface area contributed by atoms with Crippen LogP contribution >= 0.6 is 0 Å². The van der Waals surface area contributed by atoms with Crippen molar-refractivity contribution in [1.29, 1.82) is 0 Å². The zero-order valence-corrected chi connectivity index (χ0v) is 23.5. The lowest BCUT2D eigenvalue weighted by Gasteiger charge is -2.35. The fourth-order valence-corrected chi connectivity index (χ4v) is 5.10. The molecule has 4 heteroatoms. The van der Waals surface area contributed by atoms with E-state index in [4.69, 9.17) is 9.73 Å². The molecule has 0 saturated heterocycles. The Morgan fingerprint density at radius 2 is 1.52 bits per heavy atom. The quantitative estimate of drug-likeness (QED) is 0.195. The van der Waals surface area contributed by atoms with Crippen LogP contribution in [0.5, 0.6) is 0 Å². The molecule has 40 heavy (non-hydrogen) atoms. The van der Waals surface area contributed by atoms with E-state index in [2.05, 4.69) is 57.3 Å². The summed E-state index contributed by atoms with van der Waals surface area (Å²) in [7, 11) is 0. The summed E-state index contributed by atoms with van der Waals surface area (Å²) in [6, 6.07) is 30.2. The second-order valence-corrected chi connectivity index (χ2v) is 9.50. The molecule has 202 valence electrons. The van der Waals surface area contributed by atoms with Crippen molar-refractivity contribution in [3.05, 3.63) is 156 Å². The molecule has 4 rings (SSSR count). The van der Waals surface area contributed by atoms with E-state index in [1.54, 1.807) is 24.0 Å². The Kier molecular flexibility index (Phi) is 9.48. The lowest BCUT2D eigenvalue weighted by Crippen LogP contribution is -2.33. The van der Waals surface area contributed by atoms with E-state index in [1.807, 2.05) is 66.7 Å². The summed E-state index contributed by atoms with van der Waals surface area (Å²) in [5, 5.41) is 0. The van der Waals surface area contributed by atoms with Crippen LogP contribution in [0.2, 0.25) is 0 Å². The molecule has 3 aromatic carbocycles. The van der Waals surface area contributed by atoms with Crippen molar-refractivity contribution < 1.29 is 9.53 Å². The van der Waals surface area contributed by atoms with Gasteiger partial charge >= 0.3 is 0 Å². The SMILES string of the molecule is C=CCO/C(C=C)=C1\C(CC)=NC(N(C(C)=O)c2ccccc2)=C(C(C)=Cc2ccccc2)C1c1ccccc1. The molecule has 0 N–H and O–H groups in total. The summed E-state index contributed by atoms with van der Waals surface area (Å²) < 4.78 is 6.18. The minimum atomic E-state index is -0.257. The number of hydrogen-bond acceptors (Lipinski definition) is 3. The van der Waals surface area contributed by atoms with Crippen LogP contribution in [0.15, 0.2) is 150 Å². The van der Waals surface area contributed by atoms with Crippen LogP contribution in [-0.2, 0) is 9.53 Å². The summed E-state index contributed by atoms with van der Waals surface area (Å²) in [4.78, 5) is 20.3. The minimum Gasteiger partial charge on any atom is -0.489 e. The number of carbonyl (C=O) groups excluding carboxylic acids is 1. The molecule has 0 bridgehead atoms. The Balaban J connectivity index is 2.13. The van der Waals surface area contributed by atoms with Crippen LogP contribution in [0.4, 0.5) is 5.69 Å². The van der Waals surface area contributed by atoms with Crippen LogP contribution in [0.1, 0.15) is 44.2 Å². The zero-order chi connectivity index (χ0) is 28.5. The number of amides is 1. The Labute approximate surface area is 238 Å². The van der Waals surface area contributed by atoms with E-state index in [0.717, 1.165) is 39.2 Å². The van der Waals surface area contributed by atoms with Crippen LogP contribution in [0.3, 0.4) is 0 Å². The molecule has 1 amide bonds. The van der Waals surface area contributed by atoms with E-state index in [1.165, 1.54) is 0 Å². The average molecular weight is 529 g/mol. The smallest absolute Gasteiger partial charge is 0.229 e. The standard InChI is InChI=1S/C36H36N2O2/c1-6-24-40-32(8-3)35-31(7-2)37-36(38(27(5)39)30-22-16-11-17-23-30)33(34(35)29-20-14-10-15-21-29)26(4)25-28-18-12-9-13-19-28/h6,8-23,25,34H,1,3,7,24H2,2,4-5H3/b26-25?,35-32+. The second kappa shape index (κ2) is 13.4. The fourth-order valence-electron chi connectivity index (χ4n) is 5.10. The number of benzene rings is 3. The highest BCUT2D eigenvalue weighted by Gasteiger charge is 2.37. The largest absolute Gasteiger partial charge is 0.489 e. The normalized spacial score (nSPS) is 16.6. The summed E-state index contributed by atoms with van der Waals surface area (Å²) in [6.07, 6.45) is 6.27. The first kappa shape index (κ1) is 28.3. The molecular formula is C36H36N2O2. The third kappa shape index (κ3) is 6.13. The number of nitrogens with zero attached hydrogens (tertiary/aromatic N) is 2. The fraction of sp³-hybridized carbons (Fsp3) is 0.167. The van der Waals surface area contributed by atoms with Gasteiger partial charge in [0.2, 0.25) is 5.91 Å². The monoisotopic (exact) mass is 528 g/mol. The number of anilines is 1. The number of carbonyl (C=O) groups is 1. The number of rotatable bonds is 10. The highest BCUT2D eigenvalue weighted by atomic mass is 16.5. The average Bonchev–Trinajstić information content (AvgIpc) is 2.98. The van der Waals surface area contributed by atoms with Crippen molar-refractivity contribution >= 4 is 23.4 Å². The second-order valence-electron chi connectivity index (χ2n) is 9.50. The molecule has 1 aliphatic heterocycles. The number of aliphatic imine (C=N–C) groups is 1. The molecule has 0 fully saturated rings. The highest BCUT2D eigenvalue weighted by molar-refractivity contribution is 6.07. The number of allylic oxidation sites excluding steroid dienone is 4. The molecule has 0 spiro atoms. The van der Waals surface area contributed by atoms with Gasteiger partial charge in [0.25, 0.3) is 0 Å². The van der Waals surface area contributed by atoms with Gasteiger partial charge in [-0.2, -0.15) is 0 Å². The summed E-state index contributed by atoms with van der Waals surface area (Å²) in [6.45, 7) is 14.0. The van der Waals surface area contributed by atoms with Crippen molar-refractivity contribution in [3.63, 3.8) is 0 Å². The van der Waals surface area contributed by atoms with E-state index in [9.17, 15) is 4.79 Å². The third-order valence-electron chi connectivity index (χ3n) is 6.79. The van der Waals surface area contributed by atoms with Crippen molar-refractivity contribution in [2.75, 3.05) is 11.5 Å². The van der Waals surface area contributed by atoms with Crippen molar-refractivity contribution in [3.8, 4) is 0 Å². The zero-order valence-electron chi connectivity index (χ0n) is 23.5. The van der Waals surface area contributed by atoms with Gasteiger partial charge in [-0.15, -0.1) is 0 Å². The maximum atomic E-state index is 13.4. The topological polar surface area (TPSA) is 41.9 Å². The lowest BCUT2D eigenvalue weighted by molar-refractivity contribution is -0.116. The van der Waals surface area contributed by atoms with E-state index < -0.39 is 0 Å². The van der Waals surface area contributed by atoms with Gasteiger partial charge in [0.05, 0.1) is 11.4 Å². The molecule has 0 radical (unpaired) electrons. The summed E-state index contributed by atoms with van der Waals surface area (Å²) >= 11 is 0. The van der Waals surface area contributed by atoms with Gasteiger partial charge in [0.15, 0.2) is 0 Å². The van der Waals surface area contributed by atoms with Crippen LogP contribution in [-0.4, -0.2) is 18.2 Å². The molecule has 3 aromatic rings. The lowest BCUT2D eigenvalue weighted by atomic mass is 9.76. The van der Waals surface area contributed by atoms with Gasteiger partial charge in [0.1, 0.15) is 18.2 Å². The predicted molar refractivity (Wildman–Crippen MR) is 167 cm³/mol. The minimum absolute atomic E-state index is 0.114. The molecule has 0 aromatic heterocycles. The Morgan fingerprint density at radius 3 is 2.08 bits per heavy atom. The molecule has 1 unspecified atom stereocenters. The van der Waals surface area contributed by atoms with Gasteiger partial charge in [-0.1, -0.05) is 111 Å². The third-order valence-corrected chi connectivity index (χ3v) is 6.79. The van der Waals surface area contributed by atoms with Gasteiger partial charge in [-0.05, 0) is 48.3 Å². The van der Waals surface area contributed by atoms with Gasteiger partial charge in [-0.25, -0.2) is 4.99 Å². The van der Waals surface area contributed by atoms with Gasteiger partial charge < -0.3 is 4.74 Å². The Hall–Kier alpha value is -4.70. The predicted octanol–water partition coefficient (Wildman–Crippen LogP) is 8.65. The first-order chi connectivity index (χ1) is 19.5. The number of ether oxygens (including phenoxy) is 1. The Bertz CT molecular complexity index is 1480. The molecule has 0 saturated carbocycles. The molecule has 4 nitrogen and oxygen atoms in total. The van der Waals surface area contributed by atoms with Crippen molar-refractivity contribution in [2.45, 2.75) is 33.1 Å². The molecule has 1 aliphatic rings. The number of para-hydroxylation sites is 1. The maximum Gasteiger partial charge on any atom is 0.229 e. The Morgan fingerprint density at radius 1 is 0.925 bits per heavy atom. The molecule has 0 aliphatic carbocycles. The summed E-state index contributed by atoms with van der Waals surface area (Å²) in [5.74, 6) is 0.904. The van der Waals surface area contributed by atoms with Crippen LogP contribution in [0.25, 0.3) is 6.08 Å². The van der Waals surface area contributed by atoms with Crippen LogP contribution in [0, 0.1) is 0 Å². The molecular weight excluding hydrogens is 492 g/mol. The van der Waals surface area contributed by atoms with Crippen molar-refractivity contribution in [2.24, 2.45) is 4.99 Å². The van der Waals surface area contributed by atoms with Gasteiger partial charge in [0, 0.05) is 24.0 Å². The molecule has 1 atom stereocenters. The maximum absolute atomic E-state index is 13.4. The van der Waals surface area contributed by atoms with E-state index >= 15 is 0 Å². The van der Waals surface area contributed by atoms with Gasteiger partial charge in [-0.3, -0.25) is 9.69 Å². The number of hydrogen-bond donors (Lipinski definition) is 0. The highest BCUT2D eigenvalue weighted by Crippen LogP contribution is 2.46. The van der Waals surface area contributed by atoms with E-state index in [-0.39, 0.29) is 11.8 Å².